The molecular weight excluding hydrogens is 228 g/mol. The third-order valence-corrected chi connectivity index (χ3v) is 3.59. The predicted octanol–water partition coefficient (Wildman–Crippen LogP) is 2.56. The van der Waals surface area contributed by atoms with Crippen LogP contribution in [0.4, 0.5) is 6.01 Å². The molecule has 1 aliphatic rings. The Hall–Kier alpha value is -1.10. The average Bonchev–Trinajstić information content (AvgIpc) is 2.80. The lowest BCUT2D eigenvalue weighted by atomic mass is 9.86. The first-order chi connectivity index (χ1) is 8.79. The van der Waals surface area contributed by atoms with Gasteiger partial charge in [0.15, 0.2) is 0 Å². The maximum atomic E-state index is 5.59. The summed E-state index contributed by atoms with van der Waals surface area (Å²) in [5, 5.41) is 14.7. The van der Waals surface area contributed by atoms with Gasteiger partial charge in [-0.25, -0.2) is 0 Å². The number of hydrogen-bond acceptors (Lipinski definition) is 5. The maximum absolute atomic E-state index is 5.59. The van der Waals surface area contributed by atoms with Crippen LogP contribution in [0.15, 0.2) is 4.42 Å². The molecule has 2 atom stereocenters. The third-order valence-electron chi connectivity index (χ3n) is 3.59. The zero-order valence-electron chi connectivity index (χ0n) is 11.4. The van der Waals surface area contributed by atoms with Crippen LogP contribution in [0.2, 0.25) is 0 Å². The van der Waals surface area contributed by atoms with Crippen LogP contribution in [0.5, 0.6) is 0 Å². The van der Waals surface area contributed by atoms with Gasteiger partial charge in [0.2, 0.25) is 5.89 Å². The molecule has 5 nitrogen and oxygen atoms in total. The monoisotopic (exact) mass is 252 g/mol. The summed E-state index contributed by atoms with van der Waals surface area (Å²) in [6.45, 7) is 6.06. The summed E-state index contributed by atoms with van der Waals surface area (Å²) in [6.07, 6.45) is 6.24. The van der Waals surface area contributed by atoms with Crippen molar-refractivity contribution in [3.63, 3.8) is 0 Å². The number of rotatable bonds is 6. The van der Waals surface area contributed by atoms with E-state index in [1.165, 1.54) is 25.7 Å². The van der Waals surface area contributed by atoms with Crippen LogP contribution >= 0.6 is 0 Å². The topological polar surface area (TPSA) is 63.0 Å². The Labute approximate surface area is 109 Å². The van der Waals surface area contributed by atoms with Gasteiger partial charge in [0.05, 0.1) is 6.54 Å². The number of anilines is 1. The van der Waals surface area contributed by atoms with Gasteiger partial charge in [0.25, 0.3) is 0 Å². The molecule has 5 heteroatoms. The number of aromatic nitrogens is 2. The highest BCUT2D eigenvalue weighted by Crippen LogP contribution is 2.26. The number of nitrogens with zero attached hydrogens (tertiary/aromatic N) is 2. The summed E-state index contributed by atoms with van der Waals surface area (Å²) in [5.41, 5.74) is 0. The van der Waals surface area contributed by atoms with Crippen LogP contribution in [-0.2, 0) is 6.54 Å². The van der Waals surface area contributed by atoms with Crippen molar-refractivity contribution >= 4 is 6.01 Å². The van der Waals surface area contributed by atoms with Crippen LogP contribution in [-0.4, -0.2) is 22.8 Å². The van der Waals surface area contributed by atoms with Gasteiger partial charge in [-0.3, -0.25) is 0 Å². The fourth-order valence-corrected chi connectivity index (χ4v) is 2.44. The highest BCUT2D eigenvalue weighted by Gasteiger charge is 2.22. The van der Waals surface area contributed by atoms with Gasteiger partial charge in [-0.2, -0.15) is 0 Å². The molecule has 0 radical (unpaired) electrons. The van der Waals surface area contributed by atoms with Crippen LogP contribution in [0, 0.1) is 5.92 Å². The van der Waals surface area contributed by atoms with Gasteiger partial charge in [0.1, 0.15) is 0 Å². The van der Waals surface area contributed by atoms with Gasteiger partial charge in [-0.05, 0) is 31.7 Å². The second-order valence-electron chi connectivity index (χ2n) is 5.19. The van der Waals surface area contributed by atoms with E-state index in [2.05, 4.69) is 34.7 Å². The first kappa shape index (κ1) is 13.3. The zero-order valence-corrected chi connectivity index (χ0v) is 11.4. The first-order valence-corrected chi connectivity index (χ1v) is 7.09. The molecule has 1 aromatic heterocycles. The Balaban J connectivity index is 1.82. The van der Waals surface area contributed by atoms with Gasteiger partial charge in [-0.1, -0.05) is 31.8 Å². The first-order valence-electron chi connectivity index (χ1n) is 7.09. The second kappa shape index (κ2) is 6.73. The molecule has 1 fully saturated rings. The number of hydrogen-bond donors (Lipinski definition) is 2. The molecule has 2 unspecified atom stereocenters. The SMILES string of the molecule is CCCNCc1nnc(NC2CCCCC2C)o1. The van der Waals surface area contributed by atoms with E-state index in [-0.39, 0.29) is 0 Å². The minimum absolute atomic E-state index is 0.482. The normalized spacial score (nSPS) is 24.1. The minimum atomic E-state index is 0.482. The molecule has 102 valence electrons. The Morgan fingerprint density at radius 2 is 2.11 bits per heavy atom. The van der Waals surface area contributed by atoms with E-state index in [1.54, 1.807) is 0 Å². The molecule has 1 aliphatic carbocycles. The van der Waals surface area contributed by atoms with Gasteiger partial charge in [0, 0.05) is 6.04 Å². The van der Waals surface area contributed by atoms with Crippen molar-refractivity contribution in [1.29, 1.82) is 0 Å². The van der Waals surface area contributed by atoms with E-state index in [0.717, 1.165) is 13.0 Å². The summed E-state index contributed by atoms with van der Waals surface area (Å²) >= 11 is 0. The molecule has 2 rings (SSSR count). The van der Waals surface area contributed by atoms with Gasteiger partial charge >= 0.3 is 6.01 Å². The summed E-state index contributed by atoms with van der Waals surface area (Å²) in [4.78, 5) is 0. The van der Waals surface area contributed by atoms with E-state index in [9.17, 15) is 0 Å². The molecule has 0 aromatic carbocycles. The fraction of sp³-hybridized carbons (Fsp3) is 0.846. The molecule has 0 bridgehead atoms. The summed E-state index contributed by atoms with van der Waals surface area (Å²) in [7, 11) is 0. The van der Waals surface area contributed by atoms with E-state index in [4.69, 9.17) is 4.42 Å². The Kier molecular flexibility index (Phi) is 4.99. The molecule has 1 aromatic rings. The zero-order chi connectivity index (χ0) is 12.8. The van der Waals surface area contributed by atoms with Crippen molar-refractivity contribution in [1.82, 2.24) is 15.5 Å². The maximum Gasteiger partial charge on any atom is 0.315 e. The summed E-state index contributed by atoms with van der Waals surface area (Å²) in [5.74, 6) is 1.35. The molecule has 0 spiro atoms. The molecule has 1 saturated carbocycles. The van der Waals surface area contributed by atoms with Crippen LogP contribution in [0.3, 0.4) is 0 Å². The highest BCUT2D eigenvalue weighted by molar-refractivity contribution is 5.20. The molecule has 1 heterocycles. The Bertz CT molecular complexity index is 353. The van der Waals surface area contributed by atoms with Crippen LogP contribution in [0.25, 0.3) is 0 Å². The predicted molar refractivity (Wildman–Crippen MR) is 71.3 cm³/mol. The molecule has 0 saturated heterocycles. The minimum Gasteiger partial charge on any atom is -0.407 e. The van der Waals surface area contributed by atoms with E-state index in [0.29, 0.717) is 30.4 Å². The fourth-order valence-electron chi connectivity index (χ4n) is 2.44. The van der Waals surface area contributed by atoms with Crippen molar-refractivity contribution in [3.8, 4) is 0 Å². The standard InChI is InChI=1S/C13H24N4O/c1-3-8-14-9-12-16-17-13(18-12)15-11-7-5-4-6-10(11)2/h10-11,14H,3-9H2,1-2H3,(H,15,17). The van der Waals surface area contributed by atoms with E-state index >= 15 is 0 Å². The lowest BCUT2D eigenvalue weighted by Crippen LogP contribution is -2.30. The lowest BCUT2D eigenvalue weighted by Gasteiger charge is -2.28. The summed E-state index contributed by atoms with van der Waals surface area (Å²) in [6, 6.07) is 1.05. The molecular formula is C13H24N4O. The van der Waals surface area contributed by atoms with Crippen molar-refractivity contribution in [2.75, 3.05) is 11.9 Å². The smallest absolute Gasteiger partial charge is 0.315 e. The van der Waals surface area contributed by atoms with Crippen molar-refractivity contribution in [2.24, 2.45) is 5.92 Å². The average molecular weight is 252 g/mol. The molecule has 0 aliphatic heterocycles. The molecule has 0 amide bonds. The van der Waals surface area contributed by atoms with Crippen molar-refractivity contribution in [3.05, 3.63) is 5.89 Å². The molecule has 2 N–H and O–H groups in total. The third kappa shape index (κ3) is 3.70. The largest absolute Gasteiger partial charge is 0.407 e. The lowest BCUT2D eigenvalue weighted by molar-refractivity contribution is 0.341. The van der Waals surface area contributed by atoms with Gasteiger partial charge < -0.3 is 15.1 Å². The van der Waals surface area contributed by atoms with Crippen LogP contribution < -0.4 is 10.6 Å². The van der Waals surface area contributed by atoms with Crippen LogP contribution in [0.1, 0.15) is 51.8 Å². The quantitative estimate of drug-likeness (QED) is 0.762. The highest BCUT2D eigenvalue weighted by atomic mass is 16.4. The number of nitrogens with one attached hydrogen (secondary N) is 2. The van der Waals surface area contributed by atoms with E-state index in [1.807, 2.05) is 0 Å². The van der Waals surface area contributed by atoms with Gasteiger partial charge in [-0.15, -0.1) is 5.10 Å². The van der Waals surface area contributed by atoms with Crippen molar-refractivity contribution in [2.45, 2.75) is 58.5 Å². The summed E-state index contributed by atoms with van der Waals surface area (Å²) < 4.78 is 5.59. The second-order valence-corrected chi connectivity index (χ2v) is 5.19. The molecule has 18 heavy (non-hydrogen) atoms. The van der Waals surface area contributed by atoms with E-state index < -0.39 is 0 Å². The Morgan fingerprint density at radius 3 is 2.89 bits per heavy atom. The Morgan fingerprint density at radius 1 is 1.28 bits per heavy atom. The van der Waals surface area contributed by atoms with Crippen molar-refractivity contribution < 1.29 is 4.42 Å².